The molecule has 2 heterocycles. The van der Waals surface area contributed by atoms with Gasteiger partial charge in [-0.25, -0.2) is 4.85 Å². The molecule has 4 nitrogen and oxygen atoms in total. The van der Waals surface area contributed by atoms with Crippen LogP contribution >= 0.6 is 11.3 Å². The van der Waals surface area contributed by atoms with Crippen LogP contribution in [0.2, 0.25) is 0 Å². The number of carbonyl (C=O) groups is 2. The Hall–Kier alpha value is -1.93. The third kappa shape index (κ3) is 1.97. The highest BCUT2D eigenvalue weighted by atomic mass is 32.1. The van der Waals surface area contributed by atoms with Gasteiger partial charge in [-0.15, -0.1) is 0 Å². The van der Waals surface area contributed by atoms with Crippen LogP contribution in [0.25, 0.3) is 4.85 Å². The highest BCUT2D eigenvalue weighted by Crippen LogP contribution is 2.39. The first kappa shape index (κ1) is 13.1. The van der Waals surface area contributed by atoms with Crippen molar-refractivity contribution < 1.29 is 9.59 Å². The lowest BCUT2D eigenvalue weighted by Crippen LogP contribution is -2.40. The minimum atomic E-state index is -0.349. The van der Waals surface area contributed by atoms with Crippen LogP contribution in [0, 0.1) is 6.57 Å². The van der Waals surface area contributed by atoms with Gasteiger partial charge in [0.2, 0.25) is 5.00 Å². The molecule has 2 aliphatic rings. The highest BCUT2D eigenvalue weighted by molar-refractivity contribution is 7.14. The number of Topliss-reactive ketones (excluding diaryl/α,β-unsaturated/α-hetero) is 1. The molecule has 0 unspecified atom stereocenters. The molecule has 0 spiro atoms. The minimum Gasteiger partial charge on any atom is -0.325 e. The molecule has 1 amide bonds. The Bertz CT molecular complexity index is 653. The summed E-state index contributed by atoms with van der Waals surface area (Å²) in [6, 6.07) is -0.349. The molecular weight excluding hydrogens is 272 g/mol. The van der Waals surface area contributed by atoms with Gasteiger partial charge in [-0.1, -0.05) is 12.2 Å². The van der Waals surface area contributed by atoms with Gasteiger partial charge in [-0.2, -0.15) is 11.3 Å². The SMILES string of the molecule is [C-]#[N+]c1scc2c1CN([C@H]1CCCC(=C)CC1=O)C2=O. The first-order valence-electron chi connectivity index (χ1n) is 6.60. The van der Waals surface area contributed by atoms with E-state index in [1.165, 1.54) is 11.3 Å². The Kier molecular flexibility index (Phi) is 3.19. The predicted octanol–water partition coefficient (Wildman–Crippen LogP) is 3.32. The summed E-state index contributed by atoms with van der Waals surface area (Å²) in [7, 11) is 0. The summed E-state index contributed by atoms with van der Waals surface area (Å²) < 4.78 is 0. The molecule has 1 atom stereocenters. The number of nitrogens with zero attached hydrogens (tertiary/aromatic N) is 2. The van der Waals surface area contributed by atoms with E-state index < -0.39 is 0 Å². The van der Waals surface area contributed by atoms with Crippen LogP contribution in [0.5, 0.6) is 0 Å². The van der Waals surface area contributed by atoms with Gasteiger partial charge in [0.1, 0.15) is 0 Å². The molecule has 1 aliphatic heterocycles. The summed E-state index contributed by atoms with van der Waals surface area (Å²) in [5.41, 5.74) is 2.36. The zero-order chi connectivity index (χ0) is 14.3. The third-order valence-corrected chi connectivity index (χ3v) is 4.89. The molecule has 1 aromatic heterocycles. The third-order valence-electron chi connectivity index (χ3n) is 3.97. The van der Waals surface area contributed by atoms with Crippen LogP contribution in [0.3, 0.4) is 0 Å². The molecule has 0 bridgehead atoms. The highest BCUT2D eigenvalue weighted by Gasteiger charge is 2.38. The van der Waals surface area contributed by atoms with Gasteiger partial charge < -0.3 is 4.90 Å². The molecule has 0 N–H and O–H groups in total. The van der Waals surface area contributed by atoms with Crippen molar-refractivity contribution in [2.24, 2.45) is 0 Å². The fraction of sp³-hybridized carbons (Fsp3) is 0.400. The number of carbonyl (C=O) groups excluding carboxylic acids is 2. The molecule has 0 saturated heterocycles. The molecule has 102 valence electrons. The largest absolute Gasteiger partial charge is 0.325 e. The average molecular weight is 286 g/mol. The van der Waals surface area contributed by atoms with Crippen molar-refractivity contribution in [2.45, 2.75) is 38.3 Å². The monoisotopic (exact) mass is 286 g/mol. The van der Waals surface area contributed by atoms with E-state index in [2.05, 4.69) is 11.4 Å². The van der Waals surface area contributed by atoms with Crippen LogP contribution in [0.15, 0.2) is 17.5 Å². The maximum Gasteiger partial charge on any atom is 0.254 e. The Morgan fingerprint density at radius 3 is 3.00 bits per heavy atom. The second-order valence-corrected chi connectivity index (χ2v) is 6.14. The van der Waals surface area contributed by atoms with Crippen LogP contribution in [0.1, 0.15) is 41.6 Å². The van der Waals surface area contributed by atoms with Gasteiger partial charge >= 0.3 is 0 Å². The van der Waals surface area contributed by atoms with Gasteiger partial charge in [-0.05, 0) is 24.6 Å². The Balaban J connectivity index is 1.88. The quantitative estimate of drug-likeness (QED) is 0.451. The summed E-state index contributed by atoms with van der Waals surface area (Å²) in [5, 5.41) is 2.31. The smallest absolute Gasteiger partial charge is 0.254 e. The lowest BCUT2D eigenvalue weighted by Gasteiger charge is -2.25. The fourth-order valence-corrected chi connectivity index (χ4v) is 3.78. The van der Waals surface area contributed by atoms with E-state index in [0.29, 0.717) is 30.0 Å². The Labute approximate surface area is 121 Å². The fourth-order valence-electron chi connectivity index (χ4n) is 2.94. The molecule has 0 radical (unpaired) electrons. The average Bonchev–Trinajstić information content (AvgIpc) is 2.90. The molecule has 20 heavy (non-hydrogen) atoms. The summed E-state index contributed by atoms with van der Waals surface area (Å²) >= 11 is 1.31. The van der Waals surface area contributed by atoms with E-state index in [-0.39, 0.29) is 17.7 Å². The van der Waals surface area contributed by atoms with Crippen molar-refractivity contribution in [3.05, 3.63) is 40.1 Å². The molecule has 1 saturated carbocycles. The van der Waals surface area contributed by atoms with Crippen LogP contribution in [-0.2, 0) is 11.3 Å². The van der Waals surface area contributed by atoms with Crippen LogP contribution < -0.4 is 0 Å². The van der Waals surface area contributed by atoms with Gasteiger partial charge in [0.25, 0.3) is 5.91 Å². The van der Waals surface area contributed by atoms with Crippen molar-refractivity contribution in [2.75, 3.05) is 0 Å². The number of rotatable bonds is 1. The standard InChI is InChI=1S/C15H14N2O2S/c1-9-4-3-5-12(13(18)6-9)17-7-10-11(15(17)19)8-20-14(10)16-2/h8,12H,1,3-7H2/t12-/m0/s1. The second-order valence-electron chi connectivity index (χ2n) is 5.28. The van der Waals surface area contributed by atoms with Crippen molar-refractivity contribution >= 4 is 28.0 Å². The summed E-state index contributed by atoms with van der Waals surface area (Å²) in [6.07, 6.45) is 2.82. The number of allylic oxidation sites excluding steroid dienone is 1. The topological polar surface area (TPSA) is 41.7 Å². The van der Waals surface area contributed by atoms with Gasteiger partial charge in [0.05, 0.1) is 12.6 Å². The van der Waals surface area contributed by atoms with Crippen molar-refractivity contribution in [1.82, 2.24) is 4.90 Å². The molecule has 0 aromatic carbocycles. The summed E-state index contributed by atoms with van der Waals surface area (Å²) in [6.45, 7) is 11.4. The van der Waals surface area contributed by atoms with Crippen LogP contribution in [0.4, 0.5) is 5.00 Å². The zero-order valence-corrected chi connectivity index (χ0v) is 11.8. The predicted molar refractivity (Wildman–Crippen MR) is 76.9 cm³/mol. The molecule has 5 heteroatoms. The second kappa shape index (κ2) is 4.88. The number of ketones is 1. The van der Waals surface area contributed by atoms with Crippen molar-refractivity contribution in [1.29, 1.82) is 0 Å². The Morgan fingerprint density at radius 1 is 1.45 bits per heavy atom. The normalized spacial score (nSPS) is 22.6. The van der Waals surface area contributed by atoms with E-state index in [0.717, 1.165) is 24.0 Å². The molecule has 1 aliphatic carbocycles. The van der Waals surface area contributed by atoms with E-state index >= 15 is 0 Å². The number of hydrogen-bond donors (Lipinski definition) is 0. The lowest BCUT2D eigenvalue weighted by molar-refractivity contribution is -0.122. The van der Waals surface area contributed by atoms with Crippen molar-refractivity contribution in [3.8, 4) is 0 Å². The van der Waals surface area contributed by atoms with Gasteiger partial charge in [0, 0.05) is 24.1 Å². The molecule has 1 aromatic rings. The number of fused-ring (bicyclic) bond motifs is 1. The first-order valence-corrected chi connectivity index (χ1v) is 7.48. The van der Waals surface area contributed by atoms with E-state index in [1.807, 2.05) is 0 Å². The summed E-state index contributed by atoms with van der Waals surface area (Å²) in [5.74, 6) is -0.0175. The maximum absolute atomic E-state index is 12.4. The van der Waals surface area contributed by atoms with E-state index in [4.69, 9.17) is 6.57 Å². The Morgan fingerprint density at radius 2 is 2.25 bits per heavy atom. The molecular formula is C15H14N2O2S. The number of thiophene rings is 1. The van der Waals surface area contributed by atoms with Crippen LogP contribution in [-0.4, -0.2) is 22.6 Å². The first-order chi connectivity index (χ1) is 9.61. The lowest BCUT2D eigenvalue weighted by atomic mass is 10.1. The number of hydrogen-bond acceptors (Lipinski definition) is 3. The van der Waals surface area contributed by atoms with E-state index in [1.54, 1.807) is 10.3 Å². The van der Waals surface area contributed by atoms with Gasteiger partial charge in [0.15, 0.2) is 5.78 Å². The molecule has 1 fully saturated rings. The van der Waals surface area contributed by atoms with Gasteiger partial charge in [-0.3, -0.25) is 9.59 Å². The van der Waals surface area contributed by atoms with E-state index in [9.17, 15) is 9.59 Å². The molecule has 3 rings (SSSR count). The summed E-state index contributed by atoms with van der Waals surface area (Å²) in [4.78, 5) is 29.8. The maximum atomic E-state index is 12.4. The number of amides is 1. The zero-order valence-electron chi connectivity index (χ0n) is 11.0. The minimum absolute atomic E-state index is 0.0824. The van der Waals surface area contributed by atoms with Crippen molar-refractivity contribution in [3.63, 3.8) is 0 Å².